The van der Waals surface area contributed by atoms with Crippen LogP contribution in [0.2, 0.25) is 0 Å². The predicted molar refractivity (Wildman–Crippen MR) is 123 cm³/mol. The smallest absolute Gasteiger partial charge is 0.407 e. The second-order valence-electron chi connectivity index (χ2n) is 7.78. The number of halogens is 1. The van der Waals surface area contributed by atoms with E-state index >= 15 is 0 Å². The summed E-state index contributed by atoms with van der Waals surface area (Å²) in [7, 11) is 3.45. The van der Waals surface area contributed by atoms with Crippen LogP contribution in [0.5, 0.6) is 5.75 Å². The molecule has 1 amide bonds. The van der Waals surface area contributed by atoms with Gasteiger partial charge >= 0.3 is 6.09 Å². The number of carbonyl (C=O) groups is 1. The Morgan fingerprint density at radius 2 is 2.07 bits per heavy atom. The molecule has 0 aromatic heterocycles. The third-order valence-corrected chi connectivity index (χ3v) is 4.33. The summed E-state index contributed by atoms with van der Waals surface area (Å²) in [6, 6.07) is 6.19. The van der Waals surface area contributed by atoms with Crippen molar-refractivity contribution in [2.45, 2.75) is 52.3 Å². The first-order valence-electron chi connectivity index (χ1n) is 9.30. The van der Waals surface area contributed by atoms with E-state index in [-0.39, 0.29) is 36.1 Å². The van der Waals surface area contributed by atoms with Gasteiger partial charge in [0.15, 0.2) is 5.96 Å². The molecule has 1 aliphatic heterocycles. The molecule has 1 aromatic rings. The van der Waals surface area contributed by atoms with Crippen molar-refractivity contribution in [2.75, 3.05) is 27.2 Å². The number of amides is 1. The standard InChI is InChI=1S/C20H32N4O3.HI/c1-14-11-15(7-8-17(14)26-6)12-22-18(21-5)24-10-9-16(13-24)23-19(25)27-20(2,3)4;/h7-8,11,16H,9-10,12-13H2,1-6H3,(H,21,22)(H,23,25);1H. The molecule has 2 N–H and O–H groups in total. The molecule has 2 rings (SSSR count). The number of nitrogens with one attached hydrogen (secondary N) is 2. The molecule has 28 heavy (non-hydrogen) atoms. The Kier molecular flexibility index (Phi) is 9.32. The number of hydrogen-bond acceptors (Lipinski definition) is 4. The molecule has 0 bridgehead atoms. The van der Waals surface area contributed by atoms with Gasteiger partial charge in [-0.2, -0.15) is 0 Å². The Balaban J connectivity index is 0.00000392. The highest BCUT2D eigenvalue weighted by molar-refractivity contribution is 14.0. The number of hydrogen-bond donors (Lipinski definition) is 2. The number of benzene rings is 1. The Morgan fingerprint density at radius 3 is 2.64 bits per heavy atom. The van der Waals surface area contributed by atoms with Gasteiger partial charge in [0.2, 0.25) is 0 Å². The number of aliphatic imine (C=N–C) groups is 1. The fourth-order valence-corrected chi connectivity index (χ4v) is 3.11. The molecule has 1 saturated heterocycles. The lowest BCUT2D eigenvalue weighted by molar-refractivity contribution is 0.0507. The quantitative estimate of drug-likeness (QED) is 0.374. The molecule has 1 heterocycles. The molecule has 7 nitrogen and oxygen atoms in total. The lowest BCUT2D eigenvalue weighted by atomic mass is 10.1. The second kappa shape index (κ2) is 10.7. The second-order valence-corrected chi connectivity index (χ2v) is 7.78. The van der Waals surface area contributed by atoms with Crippen LogP contribution in [0, 0.1) is 6.92 Å². The van der Waals surface area contributed by atoms with Crippen LogP contribution in [0.25, 0.3) is 0 Å². The number of guanidine groups is 1. The summed E-state index contributed by atoms with van der Waals surface area (Å²) < 4.78 is 10.6. The summed E-state index contributed by atoms with van der Waals surface area (Å²) in [5.41, 5.74) is 1.78. The van der Waals surface area contributed by atoms with Gasteiger partial charge in [-0.25, -0.2) is 4.79 Å². The maximum atomic E-state index is 11.9. The minimum absolute atomic E-state index is 0. The van der Waals surface area contributed by atoms with E-state index in [1.807, 2.05) is 39.8 Å². The lowest BCUT2D eigenvalue weighted by Crippen LogP contribution is -2.44. The maximum absolute atomic E-state index is 11.9. The van der Waals surface area contributed by atoms with Crippen LogP contribution in [0.4, 0.5) is 4.79 Å². The summed E-state index contributed by atoms with van der Waals surface area (Å²) in [6.45, 7) is 9.84. The number of aryl methyl sites for hydroxylation is 1. The first kappa shape index (κ1) is 24.3. The minimum Gasteiger partial charge on any atom is -0.496 e. The van der Waals surface area contributed by atoms with Crippen molar-refractivity contribution in [3.8, 4) is 5.75 Å². The van der Waals surface area contributed by atoms with Crippen LogP contribution in [0.1, 0.15) is 38.3 Å². The van der Waals surface area contributed by atoms with Crippen molar-refractivity contribution in [2.24, 2.45) is 4.99 Å². The highest BCUT2D eigenvalue weighted by Crippen LogP contribution is 2.18. The monoisotopic (exact) mass is 504 g/mol. The van der Waals surface area contributed by atoms with E-state index in [9.17, 15) is 4.79 Å². The number of carbonyl (C=O) groups excluding carboxylic acids is 1. The number of likely N-dealkylation sites (tertiary alicyclic amines) is 1. The van der Waals surface area contributed by atoms with E-state index in [1.54, 1.807) is 14.2 Å². The molecule has 1 aromatic carbocycles. The van der Waals surface area contributed by atoms with Gasteiger partial charge in [-0.1, -0.05) is 12.1 Å². The Hall–Kier alpha value is -1.71. The number of nitrogens with zero attached hydrogens (tertiary/aromatic N) is 2. The highest BCUT2D eigenvalue weighted by Gasteiger charge is 2.27. The molecular formula is C20H33IN4O3. The molecule has 0 radical (unpaired) electrons. The third kappa shape index (κ3) is 7.37. The first-order valence-corrected chi connectivity index (χ1v) is 9.30. The van der Waals surface area contributed by atoms with Gasteiger partial charge in [0.05, 0.1) is 13.2 Å². The van der Waals surface area contributed by atoms with E-state index < -0.39 is 5.60 Å². The van der Waals surface area contributed by atoms with E-state index in [0.717, 1.165) is 35.8 Å². The van der Waals surface area contributed by atoms with Gasteiger partial charge in [-0.3, -0.25) is 4.99 Å². The van der Waals surface area contributed by atoms with Crippen LogP contribution in [0.3, 0.4) is 0 Å². The van der Waals surface area contributed by atoms with Gasteiger partial charge < -0.3 is 25.0 Å². The molecule has 8 heteroatoms. The molecule has 1 atom stereocenters. The number of alkyl carbamates (subject to hydrolysis) is 1. The van der Waals surface area contributed by atoms with Crippen LogP contribution >= 0.6 is 24.0 Å². The van der Waals surface area contributed by atoms with Gasteiger partial charge in [0.25, 0.3) is 0 Å². The van der Waals surface area contributed by atoms with E-state index in [0.29, 0.717) is 13.1 Å². The van der Waals surface area contributed by atoms with Gasteiger partial charge in [0.1, 0.15) is 11.4 Å². The average molecular weight is 504 g/mol. The molecule has 0 saturated carbocycles. The predicted octanol–water partition coefficient (Wildman–Crippen LogP) is 3.30. The fourth-order valence-electron chi connectivity index (χ4n) is 3.11. The van der Waals surface area contributed by atoms with Gasteiger partial charge in [-0.05, 0) is 51.3 Å². The minimum atomic E-state index is -0.490. The zero-order valence-electron chi connectivity index (χ0n) is 17.7. The maximum Gasteiger partial charge on any atom is 0.407 e. The van der Waals surface area contributed by atoms with Crippen LogP contribution in [0.15, 0.2) is 23.2 Å². The van der Waals surface area contributed by atoms with Crippen molar-refractivity contribution in [3.63, 3.8) is 0 Å². The largest absolute Gasteiger partial charge is 0.496 e. The van der Waals surface area contributed by atoms with Crippen molar-refractivity contribution in [1.82, 2.24) is 15.5 Å². The zero-order chi connectivity index (χ0) is 20.0. The number of rotatable bonds is 4. The molecule has 1 fully saturated rings. The Labute approximate surface area is 185 Å². The molecule has 158 valence electrons. The highest BCUT2D eigenvalue weighted by atomic mass is 127. The zero-order valence-corrected chi connectivity index (χ0v) is 20.0. The van der Waals surface area contributed by atoms with Crippen LogP contribution in [-0.2, 0) is 11.3 Å². The van der Waals surface area contributed by atoms with Crippen LogP contribution in [-0.4, -0.2) is 55.8 Å². The van der Waals surface area contributed by atoms with Crippen molar-refractivity contribution in [1.29, 1.82) is 0 Å². The SMILES string of the molecule is CN=C(NCc1ccc(OC)c(C)c1)N1CCC(NC(=O)OC(C)(C)C)C1.I. The summed E-state index contributed by atoms with van der Waals surface area (Å²) in [5, 5.41) is 6.33. The average Bonchev–Trinajstić information content (AvgIpc) is 3.02. The fraction of sp³-hybridized carbons (Fsp3) is 0.600. The Bertz CT molecular complexity index is 689. The number of ether oxygens (including phenoxy) is 2. The molecule has 0 aliphatic carbocycles. The third-order valence-electron chi connectivity index (χ3n) is 4.33. The molecule has 0 spiro atoms. The van der Waals surface area contributed by atoms with E-state index in [4.69, 9.17) is 9.47 Å². The molecule has 1 aliphatic rings. The Morgan fingerprint density at radius 1 is 1.36 bits per heavy atom. The normalized spacial score (nSPS) is 17.0. The van der Waals surface area contributed by atoms with E-state index in [2.05, 4.69) is 26.6 Å². The van der Waals surface area contributed by atoms with Gasteiger partial charge in [0, 0.05) is 26.7 Å². The first-order chi connectivity index (χ1) is 12.7. The van der Waals surface area contributed by atoms with Gasteiger partial charge in [-0.15, -0.1) is 24.0 Å². The van der Waals surface area contributed by atoms with Crippen LogP contribution < -0.4 is 15.4 Å². The summed E-state index contributed by atoms with van der Waals surface area (Å²) >= 11 is 0. The van der Waals surface area contributed by atoms with Crippen molar-refractivity contribution in [3.05, 3.63) is 29.3 Å². The van der Waals surface area contributed by atoms with Crippen molar-refractivity contribution >= 4 is 36.0 Å². The summed E-state index contributed by atoms with van der Waals surface area (Å²) in [4.78, 5) is 18.5. The molecule has 1 unspecified atom stereocenters. The summed E-state index contributed by atoms with van der Waals surface area (Å²) in [5.74, 6) is 1.72. The molecular weight excluding hydrogens is 471 g/mol. The number of methoxy groups -OCH3 is 1. The topological polar surface area (TPSA) is 75.2 Å². The van der Waals surface area contributed by atoms with Crippen molar-refractivity contribution < 1.29 is 14.3 Å². The van der Waals surface area contributed by atoms with E-state index in [1.165, 1.54) is 0 Å². The lowest BCUT2D eigenvalue weighted by Gasteiger charge is -2.23. The summed E-state index contributed by atoms with van der Waals surface area (Å²) in [6.07, 6.45) is 0.493.